The van der Waals surface area contributed by atoms with Crippen molar-refractivity contribution in [3.8, 4) is 0 Å². The van der Waals surface area contributed by atoms with E-state index in [9.17, 15) is 0 Å². The number of ether oxygens (including phenoxy) is 1. The predicted octanol–water partition coefficient (Wildman–Crippen LogP) is 2.78. The SMILES string of the molecule is CCNC(=NCC(C)(C)N1CCOCC1)NCCCCCCCN(C)C.I. The Morgan fingerprint density at radius 2 is 1.67 bits per heavy atom. The summed E-state index contributed by atoms with van der Waals surface area (Å²) in [6, 6.07) is 0. The van der Waals surface area contributed by atoms with Crippen LogP contribution in [0.2, 0.25) is 0 Å². The van der Waals surface area contributed by atoms with E-state index in [1.807, 2.05) is 0 Å². The smallest absolute Gasteiger partial charge is 0.191 e. The molecular weight excluding hydrogens is 453 g/mol. The van der Waals surface area contributed by atoms with Crippen LogP contribution in [0.4, 0.5) is 0 Å². The lowest BCUT2D eigenvalue weighted by Crippen LogP contribution is -2.52. The molecule has 162 valence electrons. The zero-order valence-electron chi connectivity index (χ0n) is 18.4. The lowest BCUT2D eigenvalue weighted by molar-refractivity contribution is -0.00683. The van der Waals surface area contributed by atoms with Gasteiger partial charge in [0.25, 0.3) is 0 Å². The van der Waals surface area contributed by atoms with Crippen molar-refractivity contribution >= 4 is 29.9 Å². The van der Waals surface area contributed by atoms with Crippen LogP contribution < -0.4 is 10.6 Å². The molecule has 0 amide bonds. The average molecular weight is 498 g/mol. The molecule has 1 fully saturated rings. The fourth-order valence-corrected chi connectivity index (χ4v) is 3.17. The van der Waals surface area contributed by atoms with Crippen molar-refractivity contribution in [2.45, 2.75) is 58.4 Å². The van der Waals surface area contributed by atoms with E-state index in [2.05, 4.69) is 55.3 Å². The van der Waals surface area contributed by atoms with Gasteiger partial charge >= 0.3 is 0 Å². The van der Waals surface area contributed by atoms with Gasteiger partial charge in [0.2, 0.25) is 0 Å². The predicted molar refractivity (Wildman–Crippen MR) is 128 cm³/mol. The Morgan fingerprint density at radius 3 is 2.30 bits per heavy atom. The van der Waals surface area contributed by atoms with Gasteiger partial charge in [-0.25, -0.2) is 0 Å². The van der Waals surface area contributed by atoms with Crippen molar-refractivity contribution < 1.29 is 4.74 Å². The summed E-state index contributed by atoms with van der Waals surface area (Å²) in [7, 11) is 4.29. The van der Waals surface area contributed by atoms with Gasteiger partial charge < -0.3 is 20.3 Å². The second-order valence-corrected chi connectivity index (χ2v) is 8.10. The van der Waals surface area contributed by atoms with E-state index >= 15 is 0 Å². The minimum absolute atomic E-state index is 0. The van der Waals surface area contributed by atoms with E-state index in [-0.39, 0.29) is 29.5 Å². The van der Waals surface area contributed by atoms with E-state index in [0.29, 0.717) is 0 Å². The normalized spacial score (nSPS) is 16.3. The van der Waals surface area contributed by atoms with Crippen molar-refractivity contribution in [3.05, 3.63) is 0 Å². The molecule has 1 aliphatic heterocycles. The summed E-state index contributed by atoms with van der Waals surface area (Å²) in [5.74, 6) is 0.946. The average Bonchev–Trinajstić information content (AvgIpc) is 2.62. The fourth-order valence-electron chi connectivity index (χ4n) is 3.17. The van der Waals surface area contributed by atoms with Gasteiger partial charge in [-0.2, -0.15) is 0 Å². The Kier molecular flexibility index (Phi) is 15.7. The lowest BCUT2D eigenvalue weighted by atomic mass is 10.0. The number of unbranched alkanes of at least 4 members (excludes halogenated alkanes) is 4. The van der Waals surface area contributed by atoms with Crippen LogP contribution >= 0.6 is 24.0 Å². The van der Waals surface area contributed by atoms with Gasteiger partial charge in [0, 0.05) is 31.7 Å². The first-order chi connectivity index (χ1) is 12.5. The van der Waals surface area contributed by atoms with Gasteiger partial charge in [0.15, 0.2) is 5.96 Å². The van der Waals surface area contributed by atoms with Crippen LogP contribution in [0.15, 0.2) is 4.99 Å². The van der Waals surface area contributed by atoms with E-state index in [4.69, 9.17) is 9.73 Å². The molecular formula is C20H44IN5O. The summed E-state index contributed by atoms with van der Waals surface area (Å²) >= 11 is 0. The third-order valence-corrected chi connectivity index (χ3v) is 4.91. The van der Waals surface area contributed by atoms with Crippen LogP contribution in [0.25, 0.3) is 0 Å². The Balaban J connectivity index is 0.00000676. The molecule has 0 aliphatic carbocycles. The first-order valence-corrected chi connectivity index (χ1v) is 10.5. The monoisotopic (exact) mass is 497 g/mol. The molecule has 0 aromatic carbocycles. The number of hydrogen-bond acceptors (Lipinski definition) is 4. The standard InChI is InChI=1S/C20H43N5O.HI/c1-6-21-19(22-12-10-8-7-9-11-13-24(4)5)23-18-20(2,3)25-14-16-26-17-15-25;/h6-18H2,1-5H3,(H2,21,22,23);1H. The maximum atomic E-state index is 5.47. The number of rotatable bonds is 12. The van der Waals surface area contributed by atoms with Crippen LogP contribution in [0, 0.1) is 0 Å². The maximum Gasteiger partial charge on any atom is 0.191 e. The summed E-state index contributed by atoms with van der Waals surface area (Å²) in [6.45, 7) is 14.2. The molecule has 27 heavy (non-hydrogen) atoms. The Bertz CT molecular complexity index is 385. The second-order valence-electron chi connectivity index (χ2n) is 8.10. The summed E-state index contributed by atoms with van der Waals surface area (Å²) in [4.78, 5) is 9.58. The summed E-state index contributed by atoms with van der Waals surface area (Å²) in [6.07, 6.45) is 6.47. The molecule has 1 heterocycles. The van der Waals surface area contributed by atoms with Crippen LogP contribution in [0.1, 0.15) is 52.9 Å². The zero-order chi connectivity index (χ0) is 19.3. The Hall–Kier alpha value is -0.120. The summed E-state index contributed by atoms with van der Waals surface area (Å²) in [5, 5.41) is 6.86. The Labute approximate surface area is 184 Å². The largest absolute Gasteiger partial charge is 0.379 e. The zero-order valence-corrected chi connectivity index (χ0v) is 20.7. The van der Waals surface area contributed by atoms with Crippen LogP contribution in [-0.4, -0.2) is 87.9 Å². The molecule has 7 heteroatoms. The Morgan fingerprint density at radius 1 is 1.04 bits per heavy atom. The summed E-state index contributed by atoms with van der Waals surface area (Å²) in [5.41, 5.74) is 0.0680. The molecule has 0 aromatic rings. The minimum Gasteiger partial charge on any atom is -0.379 e. The molecule has 2 N–H and O–H groups in total. The van der Waals surface area contributed by atoms with Crippen LogP contribution in [-0.2, 0) is 4.74 Å². The van der Waals surface area contributed by atoms with Crippen molar-refractivity contribution in [1.82, 2.24) is 20.4 Å². The van der Waals surface area contributed by atoms with E-state index < -0.39 is 0 Å². The van der Waals surface area contributed by atoms with Gasteiger partial charge in [-0.3, -0.25) is 9.89 Å². The highest BCUT2D eigenvalue weighted by Crippen LogP contribution is 2.16. The lowest BCUT2D eigenvalue weighted by Gasteiger charge is -2.39. The number of nitrogens with zero attached hydrogens (tertiary/aromatic N) is 3. The molecule has 0 spiro atoms. The van der Waals surface area contributed by atoms with Crippen molar-refractivity contribution in [3.63, 3.8) is 0 Å². The third kappa shape index (κ3) is 12.9. The molecule has 0 saturated carbocycles. The molecule has 6 nitrogen and oxygen atoms in total. The molecule has 1 saturated heterocycles. The first kappa shape index (κ1) is 26.9. The number of hydrogen-bond donors (Lipinski definition) is 2. The van der Waals surface area contributed by atoms with Gasteiger partial charge in [-0.15, -0.1) is 24.0 Å². The molecule has 0 atom stereocenters. The fraction of sp³-hybridized carbons (Fsp3) is 0.950. The van der Waals surface area contributed by atoms with E-state index in [0.717, 1.165) is 51.9 Å². The minimum atomic E-state index is 0. The highest BCUT2D eigenvalue weighted by molar-refractivity contribution is 14.0. The van der Waals surface area contributed by atoms with Gasteiger partial charge in [0.1, 0.15) is 0 Å². The molecule has 0 radical (unpaired) electrons. The van der Waals surface area contributed by atoms with Gasteiger partial charge in [-0.1, -0.05) is 19.3 Å². The summed E-state index contributed by atoms with van der Waals surface area (Å²) < 4.78 is 5.47. The topological polar surface area (TPSA) is 52.1 Å². The quantitative estimate of drug-likeness (QED) is 0.188. The van der Waals surface area contributed by atoms with Crippen molar-refractivity contribution in [2.24, 2.45) is 4.99 Å². The van der Waals surface area contributed by atoms with Crippen molar-refractivity contribution in [2.75, 3.05) is 66.6 Å². The van der Waals surface area contributed by atoms with Crippen LogP contribution in [0.3, 0.4) is 0 Å². The second kappa shape index (κ2) is 15.8. The highest BCUT2D eigenvalue weighted by Gasteiger charge is 2.27. The number of halogens is 1. The van der Waals surface area contributed by atoms with Crippen LogP contribution in [0.5, 0.6) is 0 Å². The molecule has 0 bridgehead atoms. The number of guanidine groups is 1. The van der Waals surface area contributed by atoms with Crippen molar-refractivity contribution in [1.29, 1.82) is 0 Å². The highest BCUT2D eigenvalue weighted by atomic mass is 127. The molecule has 0 aromatic heterocycles. The maximum absolute atomic E-state index is 5.47. The van der Waals surface area contributed by atoms with Gasteiger partial charge in [0.05, 0.1) is 19.8 Å². The van der Waals surface area contributed by atoms with E-state index in [1.165, 1.54) is 38.6 Å². The third-order valence-electron chi connectivity index (χ3n) is 4.91. The molecule has 1 aliphatic rings. The number of nitrogens with one attached hydrogen (secondary N) is 2. The number of morpholine rings is 1. The molecule has 1 rings (SSSR count). The van der Waals surface area contributed by atoms with Gasteiger partial charge in [-0.05, 0) is 54.3 Å². The number of aliphatic imine (C=N–C) groups is 1. The first-order valence-electron chi connectivity index (χ1n) is 10.5. The van der Waals surface area contributed by atoms with E-state index in [1.54, 1.807) is 0 Å². The molecule has 0 unspecified atom stereocenters.